The van der Waals surface area contributed by atoms with E-state index in [1.165, 1.54) is 0 Å². The smallest absolute Gasteiger partial charge is 0.231 e. The van der Waals surface area contributed by atoms with Crippen LogP contribution in [0.3, 0.4) is 0 Å². The van der Waals surface area contributed by atoms with E-state index in [1.807, 2.05) is 6.92 Å². The number of aromatic nitrogens is 3. The van der Waals surface area contributed by atoms with Gasteiger partial charge >= 0.3 is 0 Å². The van der Waals surface area contributed by atoms with Crippen LogP contribution in [0.2, 0.25) is 0 Å². The minimum Gasteiger partial charge on any atom is -0.285 e. The van der Waals surface area contributed by atoms with Crippen LogP contribution in [0.5, 0.6) is 0 Å². The average Bonchev–Trinajstić information content (AvgIpc) is 2.71. The van der Waals surface area contributed by atoms with Gasteiger partial charge in [0.2, 0.25) is 5.78 Å². The molecule has 2 heterocycles. The van der Waals surface area contributed by atoms with Crippen molar-refractivity contribution in [2.75, 3.05) is 0 Å². The first-order chi connectivity index (χ1) is 8.65. The second-order valence-corrected chi connectivity index (χ2v) is 5.44. The molecule has 0 aromatic carbocycles. The summed E-state index contributed by atoms with van der Waals surface area (Å²) < 4.78 is 3.08. The summed E-state index contributed by atoms with van der Waals surface area (Å²) in [5, 5.41) is 4.19. The van der Waals surface area contributed by atoms with Gasteiger partial charge < -0.3 is 0 Å². The molecule has 0 aliphatic carbocycles. The van der Waals surface area contributed by atoms with E-state index < -0.39 is 0 Å². The monoisotopic (exact) mass is 371 g/mol. The predicted molar refractivity (Wildman–Crippen MR) is 75.6 cm³/mol. The number of carbonyl (C=O) groups is 1. The van der Waals surface area contributed by atoms with Crippen LogP contribution < -0.4 is 0 Å². The minimum atomic E-state index is -0.139. The third-order valence-corrected chi connectivity index (χ3v) is 3.64. The van der Waals surface area contributed by atoms with E-state index in [1.54, 1.807) is 29.2 Å². The lowest BCUT2D eigenvalue weighted by molar-refractivity contribution is 0.102. The van der Waals surface area contributed by atoms with Crippen LogP contribution in [0, 0.1) is 0 Å². The molecule has 0 saturated carbocycles. The Bertz CT molecular complexity index is 580. The van der Waals surface area contributed by atoms with Crippen molar-refractivity contribution in [1.82, 2.24) is 14.8 Å². The summed E-state index contributed by atoms with van der Waals surface area (Å²) in [5.41, 5.74) is 0.937. The highest BCUT2D eigenvalue weighted by atomic mass is 79.9. The van der Waals surface area contributed by atoms with Crippen LogP contribution in [0.15, 0.2) is 33.5 Å². The largest absolute Gasteiger partial charge is 0.285 e. The zero-order valence-electron chi connectivity index (χ0n) is 9.73. The van der Waals surface area contributed by atoms with E-state index in [2.05, 4.69) is 41.9 Å². The Labute approximate surface area is 122 Å². The Morgan fingerprint density at radius 3 is 2.83 bits per heavy atom. The van der Waals surface area contributed by atoms with Gasteiger partial charge in [0.1, 0.15) is 11.4 Å². The third kappa shape index (κ3) is 2.54. The molecule has 6 heteroatoms. The molecule has 94 valence electrons. The van der Waals surface area contributed by atoms with Crippen molar-refractivity contribution in [3.05, 3.63) is 44.9 Å². The molecule has 2 rings (SSSR count). The highest BCUT2D eigenvalue weighted by Crippen LogP contribution is 2.23. The lowest BCUT2D eigenvalue weighted by atomic mass is 10.2. The molecule has 0 N–H and O–H groups in total. The molecule has 0 bridgehead atoms. The summed E-state index contributed by atoms with van der Waals surface area (Å²) in [6, 6.07) is 3.58. The van der Waals surface area contributed by atoms with E-state index in [0.29, 0.717) is 26.9 Å². The van der Waals surface area contributed by atoms with Crippen molar-refractivity contribution in [2.45, 2.75) is 19.9 Å². The molecule has 0 amide bonds. The number of hydrogen-bond donors (Lipinski definition) is 0. The van der Waals surface area contributed by atoms with E-state index >= 15 is 0 Å². The van der Waals surface area contributed by atoms with Gasteiger partial charge in [0.25, 0.3) is 0 Å². The molecule has 0 unspecified atom stereocenters. The quantitative estimate of drug-likeness (QED) is 0.772. The van der Waals surface area contributed by atoms with Gasteiger partial charge in [0.05, 0.1) is 10.7 Å². The predicted octanol–water partition coefficient (Wildman–Crippen LogP) is 3.44. The van der Waals surface area contributed by atoms with Crippen LogP contribution in [0.1, 0.15) is 29.5 Å². The maximum absolute atomic E-state index is 12.5. The number of pyridine rings is 1. The van der Waals surface area contributed by atoms with Crippen LogP contribution in [0.25, 0.3) is 0 Å². The highest BCUT2D eigenvalue weighted by Gasteiger charge is 2.21. The molecule has 0 aliphatic heterocycles. The molecule has 2 aromatic rings. The lowest BCUT2D eigenvalue weighted by Crippen LogP contribution is -2.13. The highest BCUT2D eigenvalue weighted by molar-refractivity contribution is 9.10. The Kier molecular flexibility index (Phi) is 4.29. The van der Waals surface area contributed by atoms with Gasteiger partial charge in [-0.2, -0.15) is 5.10 Å². The van der Waals surface area contributed by atoms with Crippen molar-refractivity contribution in [3.8, 4) is 0 Å². The topological polar surface area (TPSA) is 47.8 Å². The van der Waals surface area contributed by atoms with Crippen molar-refractivity contribution in [1.29, 1.82) is 0 Å². The first-order valence-corrected chi connectivity index (χ1v) is 7.10. The molecule has 0 atom stereocenters. The average molecular weight is 373 g/mol. The number of nitrogens with zero attached hydrogens (tertiary/aromatic N) is 3. The fraction of sp³-hybridized carbons (Fsp3) is 0.250. The van der Waals surface area contributed by atoms with Gasteiger partial charge in [0.15, 0.2) is 0 Å². The number of halogens is 2. The molecule has 0 aliphatic rings. The summed E-state index contributed by atoms with van der Waals surface area (Å²) >= 11 is 6.70. The Morgan fingerprint density at radius 2 is 2.17 bits per heavy atom. The summed E-state index contributed by atoms with van der Waals surface area (Å²) in [6.07, 6.45) is 4.16. The van der Waals surface area contributed by atoms with Gasteiger partial charge in [0, 0.05) is 17.2 Å². The van der Waals surface area contributed by atoms with Crippen molar-refractivity contribution < 1.29 is 4.79 Å². The van der Waals surface area contributed by atoms with Gasteiger partial charge in [-0.1, -0.05) is 6.92 Å². The Balaban J connectivity index is 2.46. The minimum absolute atomic E-state index is 0.139. The van der Waals surface area contributed by atoms with Crippen LogP contribution >= 0.6 is 31.9 Å². The Hall–Kier alpha value is -1.01. The number of hydrogen-bond acceptors (Lipinski definition) is 3. The molecular weight excluding hydrogens is 362 g/mol. The summed E-state index contributed by atoms with van der Waals surface area (Å²) in [5.74, 6) is -0.139. The van der Waals surface area contributed by atoms with Gasteiger partial charge in [-0.05, 0) is 50.4 Å². The molecule has 0 saturated heterocycles. The zero-order chi connectivity index (χ0) is 13.1. The molecule has 0 spiro atoms. The normalized spacial score (nSPS) is 10.6. The van der Waals surface area contributed by atoms with Crippen LogP contribution in [0.4, 0.5) is 0 Å². The van der Waals surface area contributed by atoms with Gasteiger partial charge in [-0.25, -0.2) is 0 Å². The van der Waals surface area contributed by atoms with E-state index in [9.17, 15) is 4.79 Å². The second kappa shape index (κ2) is 5.75. The molecule has 18 heavy (non-hydrogen) atoms. The molecule has 4 nitrogen and oxygen atoms in total. The number of aryl methyl sites for hydroxylation is 1. The van der Waals surface area contributed by atoms with Crippen molar-refractivity contribution in [3.63, 3.8) is 0 Å². The molecule has 2 aromatic heterocycles. The molecule has 0 radical (unpaired) electrons. The van der Waals surface area contributed by atoms with E-state index in [0.717, 1.165) is 6.42 Å². The number of rotatable bonds is 4. The zero-order valence-corrected chi connectivity index (χ0v) is 12.9. The van der Waals surface area contributed by atoms with Gasteiger partial charge in [-0.3, -0.25) is 14.5 Å². The maximum Gasteiger partial charge on any atom is 0.231 e. The van der Waals surface area contributed by atoms with Crippen LogP contribution in [-0.2, 0) is 6.54 Å². The fourth-order valence-electron chi connectivity index (χ4n) is 1.63. The second-order valence-electron chi connectivity index (χ2n) is 3.73. The maximum atomic E-state index is 12.5. The lowest BCUT2D eigenvalue weighted by Gasteiger charge is -2.06. The van der Waals surface area contributed by atoms with Crippen molar-refractivity contribution >= 4 is 37.6 Å². The van der Waals surface area contributed by atoms with E-state index in [4.69, 9.17) is 0 Å². The first-order valence-electron chi connectivity index (χ1n) is 5.51. The van der Waals surface area contributed by atoms with Crippen molar-refractivity contribution in [2.24, 2.45) is 0 Å². The first kappa shape index (κ1) is 13.4. The van der Waals surface area contributed by atoms with E-state index in [-0.39, 0.29) is 5.78 Å². The molecular formula is C12H11Br2N3O. The summed E-state index contributed by atoms with van der Waals surface area (Å²) in [7, 11) is 0. The number of ketones is 1. The summed E-state index contributed by atoms with van der Waals surface area (Å²) in [6.45, 7) is 2.75. The Morgan fingerprint density at radius 1 is 1.39 bits per heavy atom. The molecule has 0 fully saturated rings. The fourth-order valence-corrected chi connectivity index (χ4v) is 2.55. The third-order valence-electron chi connectivity index (χ3n) is 2.42. The van der Waals surface area contributed by atoms with Crippen LogP contribution in [-0.4, -0.2) is 20.5 Å². The van der Waals surface area contributed by atoms with Gasteiger partial charge in [-0.15, -0.1) is 0 Å². The SMILES string of the molecule is CCCn1ncc(Br)c1C(=O)c1ncccc1Br. The number of carbonyl (C=O) groups excluding carboxylic acids is 1. The standard InChI is InChI=1S/C12H11Br2N3O/c1-2-6-17-11(9(14)7-16-17)12(18)10-8(13)4-3-5-15-10/h3-5,7H,2,6H2,1H3. The summed E-state index contributed by atoms with van der Waals surface area (Å²) in [4.78, 5) is 16.6.